The Balaban J connectivity index is 1.59. The van der Waals surface area contributed by atoms with Crippen LogP contribution in [0, 0.1) is 0 Å². The van der Waals surface area contributed by atoms with E-state index in [0.717, 1.165) is 17.2 Å². The van der Waals surface area contributed by atoms with Crippen LogP contribution in [0.5, 0.6) is 0 Å². The van der Waals surface area contributed by atoms with Gasteiger partial charge in [0.25, 0.3) is 5.91 Å². The summed E-state index contributed by atoms with van der Waals surface area (Å²) in [6, 6.07) is 13.3. The molecule has 1 atom stereocenters. The highest BCUT2D eigenvalue weighted by atomic mass is 16.2. The standard InChI is InChI=1S/C23H24N6O2/c1-26(2)20(30)15-29-18-8-5-12-25-21(18)28-13-6-9-19(28)23(29)10-14-27(16-23)22(31)17-7-3-4-11-24-17/h3-9,11-13H,10,14-16H2,1-2H3. The summed E-state index contributed by atoms with van der Waals surface area (Å²) in [6.07, 6.45) is 6.11. The quantitative estimate of drug-likeness (QED) is 0.652. The SMILES string of the molecule is CN(C)C(=O)CN1c2cccnc2-n2cccc2C12CCN(C(=O)c1ccccn1)C2. The molecule has 0 N–H and O–H groups in total. The van der Waals surface area contributed by atoms with Crippen LogP contribution in [-0.4, -0.2) is 69.9 Å². The van der Waals surface area contributed by atoms with E-state index in [2.05, 4.69) is 25.5 Å². The third-order valence-corrected chi connectivity index (χ3v) is 6.24. The first-order valence-corrected chi connectivity index (χ1v) is 10.3. The van der Waals surface area contributed by atoms with Gasteiger partial charge in [-0.15, -0.1) is 0 Å². The summed E-state index contributed by atoms with van der Waals surface area (Å²) < 4.78 is 2.08. The minimum absolute atomic E-state index is 0.00341. The summed E-state index contributed by atoms with van der Waals surface area (Å²) in [5, 5.41) is 0. The molecule has 8 heteroatoms. The van der Waals surface area contributed by atoms with Crippen molar-refractivity contribution in [2.24, 2.45) is 0 Å². The maximum absolute atomic E-state index is 13.2. The summed E-state index contributed by atoms with van der Waals surface area (Å²) in [7, 11) is 3.52. The molecule has 2 amide bonds. The number of hydrogen-bond acceptors (Lipinski definition) is 5. The maximum atomic E-state index is 13.2. The number of carbonyl (C=O) groups is 2. The molecule has 1 spiro atoms. The number of anilines is 1. The van der Waals surface area contributed by atoms with E-state index < -0.39 is 5.54 Å². The molecule has 3 aromatic rings. The van der Waals surface area contributed by atoms with Gasteiger partial charge in [-0.25, -0.2) is 4.98 Å². The fourth-order valence-corrected chi connectivity index (χ4v) is 4.66. The topological polar surface area (TPSA) is 74.6 Å². The average Bonchev–Trinajstić information content (AvgIpc) is 3.45. The molecule has 0 saturated carbocycles. The molecule has 1 fully saturated rings. The lowest BCUT2D eigenvalue weighted by atomic mass is 9.88. The van der Waals surface area contributed by atoms with Crippen molar-refractivity contribution in [3.63, 3.8) is 0 Å². The minimum Gasteiger partial charge on any atom is -0.347 e. The molecule has 8 nitrogen and oxygen atoms in total. The van der Waals surface area contributed by atoms with Crippen LogP contribution in [0.25, 0.3) is 5.82 Å². The zero-order chi connectivity index (χ0) is 21.6. The van der Waals surface area contributed by atoms with E-state index in [4.69, 9.17) is 0 Å². The van der Waals surface area contributed by atoms with Crippen molar-refractivity contribution < 1.29 is 9.59 Å². The number of fused-ring (bicyclic) bond motifs is 4. The Kier molecular flexibility index (Phi) is 4.50. The van der Waals surface area contributed by atoms with E-state index in [-0.39, 0.29) is 18.4 Å². The number of nitrogens with zero attached hydrogens (tertiary/aromatic N) is 6. The van der Waals surface area contributed by atoms with Crippen molar-refractivity contribution in [1.82, 2.24) is 24.3 Å². The predicted octanol–water partition coefficient (Wildman–Crippen LogP) is 1.92. The second-order valence-corrected chi connectivity index (χ2v) is 8.21. The van der Waals surface area contributed by atoms with Gasteiger partial charge in [0.2, 0.25) is 5.91 Å². The Morgan fingerprint density at radius 1 is 1.06 bits per heavy atom. The number of hydrogen-bond donors (Lipinski definition) is 0. The highest BCUT2D eigenvalue weighted by Crippen LogP contribution is 2.47. The van der Waals surface area contributed by atoms with Gasteiger partial charge < -0.3 is 19.3 Å². The molecule has 1 unspecified atom stereocenters. The zero-order valence-corrected chi connectivity index (χ0v) is 17.6. The number of aromatic nitrogens is 3. The lowest BCUT2D eigenvalue weighted by molar-refractivity contribution is -0.127. The Hall–Kier alpha value is -3.68. The minimum atomic E-state index is -0.518. The highest BCUT2D eigenvalue weighted by Gasteiger charge is 2.51. The van der Waals surface area contributed by atoms with Crippen molar-refractivity contribution in [3.05, 3.63) is 72.4 Å². The van der Waals surface area contributed by atoms with Gasteiger partial charge in [0.15, 0.2) is 5.82 Å². The lowest BCUT2D eigenvalue weighted by Gasteiger charge is -2.46. The predicted molar refractivity (Wildman–Crippen MR) is 116 cm³/mol. The zero-order valence-electron chi connectivity index (χ0n) is 17.6. The Morgan fingerprint density at radius 2 is 1.90 bits per heavy atom. The largest absolute Gasteiger partial charge is 0.347 e. The molecule has 2 aliphatic rings. The van der Waals surface area contributed by atoms with E-state index >= 15 is 0 Å². The Labute approximate surface area is 180 Å². The van der Waals surface area contributed by atoms with Gasteiger partial charge >= 0.3 is 0 Å². The second kappa shape index (κ2) is 7.23. The number of carbonyl (C=O) groups excluding carboxylic acids is 2. The van der Waals surface area contributed by atoms with Crippen LogP contribution < -0.4 is 4.90 Å². The number of likely N-dealkylation sites (N-methyl/N-ethyl adjacent to an activating group) is 1. The fourth-order valence-electron chi connectivity index (χ4n) is 4.66. The van der Waals surface area contributed by atoms with Gasteiger partial charge in [0.1, 0.15) is 11.2 Å². The third-order valence-electron chi connectivity index (χ3n) is 6.24. The van der Waals surface area contributed by atoms with Crippen LogP contribution >= 0.6 is 0 Å². The Bertz CT molecular complexity index is 1140. The van der Waals surface area contributed by atoms with Gasteiger partial charge in [-0.3, -0.25) is 14.6 Å². The molecule has 0 bridgehead atoms. The monoisotopic (exact) mass is 416 g/mol. The normalized spacial score (nSPS) is 19.3. The van der Waals surface area contributed by atoms with Crippen LogP contribution in [0.15, 0.2) is 61.1 Å². The van der Waals surface area contributed by atoms with Crippen molar-refractivity contribution >= 4 is 17.5 Å². The van der Waals surface area contributed by atoms with Gasteiger partial charge in [-0.05, 0) is 42.8 Å². The number of rotatable bonds is 3. The van der Waals surface area contributed by atoms with Crippen molar-refractivity contribution in [1.29, 1.82) is 0 Å². The molecule has 5 heterocycles. The maximum Gasteiger partial charge on any atom is 0.272 e. The number of likely N-dealkylation sites (tertiary alicyclic amines) is 1. The second-order valence-electron chi connectivity index (χ2n) is 8.21. The summed E-state index contributed by atoms with van der Waals surface area (Å²) in [5.41, 5.74) is 1.86. The summed E-state index contributed by atoms with van der Waals surface area (Å²) >= 11 is 0. The third kappa shape index (κ3) is 2.98. The highest BCUT2D eigenvalue weighted by molar-refractivity contribution is 5.93. The van der Waals surface area contributed by atoms with Crippen molar-refractivity contribution in [2.45, 2.75) is 12.0 Å². The smallest absolute Gasteiger partial charge is 0.272 e. The van der Waals surface area contributed by atoms with E-state index in [1.807, 2.05) is 35.4 Å². The van der Waals surface area contributed by atoms with Gasteiger partial charge in [0.05, 0.1) is 17.9 Å². The molecule has 31 heavy (non-hydrogen) atoms. The molecule has 158 valence electrons. The van der Waals surface area contributed by atoms with Gasteiger partial charge in [0, 0.05) is 45.8 Å². The molecule has 0 radical (unpaired) electrons. The summed E-state index contributed by atoms with van der Waals surface area (Å²) in [4.78, 5) is 40.4. The summed E-state index contributed by atoms with van der Waals surface area (Å²) in [6.45, 7) is 1.27. The van der Waals surface area contributed by atoms with E-state index in [0.29, 0.717) is 25.2 Å². The van der Waals surface area contributed by atoms with Gasteiger partial charge in [-0.1, -0.05) is 6.07 Å². The molecule has 1 saturated heterocycles. The molecular weight excluding hydrogens is 392 g/mol. The number of pyridine rings is 2. The number of amides is 2. The van der Waals surface area contributed by atoms with E-state index in [9.17, 15) is 9.59 Å². The van der Waals surface area contributed by atoms with Crippen molar-refractivity contribution in [2.75, 3.05) is 38.6 Å². The Morgan fingerprint density at radius 3 is 2.68 bits per heavy atom. The molecule has 2 aliphatic heterocycles. The molecule has 0 aromatic carbocycles. The molecule has 0 aliphatic carbocycles. The van der Waals surface area contributed by atoms with Crippen molar-refractivity contribution in [3.8, 4) is 5.82 Å². The van der Waals surface area contributed by atoms with E-state index in [1.54, 1.807) is 43.5 Å². The average molecular weight is 416 g/mol. The molecule has 3 aromatic heterocycles. The van der Waals surface area contributed by atoms with Crippen LogP contribution in [0.1, 0.15) is 22.6 Å². The van der Waals surface area contributed by atoms with Crippen LogP contribution in [0.3, 0.4) is 0 Å². The van der Waals surface area contributed by atoms with Crippen LogP contribution in [0.4, 0.5) is 5.69 Å². The van der Waals surface area contributed by atoms with Gasteiger partial charge in [-0.2, -0.15) is 0 Å². The first-order chi connectivity index (χ1) is 15.0. The van der Waals surface area contributed by atoms with Crippen LogP contribution in [0.2, 0.25) is 0 Å². The lowest BCUT2D eigenvalue weighted by Crippen LogP contribution is -2.55. The fraction of sp³-hybridized carbons (Fsp3) is 0.304. The van der Waals surface area contributed by atoms with Crippen LogP contribution in [-0.2, 0) is 10.3 Å². The molecular formula is C23H24N6O2. The molecule has 5 rings (SSSR count). The first kappa shape index (κ1) is 19.3. The first-order valence-electron chi connectivity index (χ1n) is 10.3. The summed E-state index contributed by atoms with van der Waals surface area (Å²) in [5.74, 6) is 0.712. The van der Waals surface area contributed by atoms with E-state index in [1.165, 1.54) is 0 Å².